The Labute approximate surface area is 117 Å². The molecule has 0 aliphatic rings. The van der Waals surface area contributed by atoms with Gasteiger partial charge in [0.1, 0.15) is 0 Å². The van der Waals surface area contributed by atoms with Crippen LogP contribution in [-0.2, 0) is 0 Å². The van der Waals surface area contributed by atoms with Crippen molar-refractivity contribution in [1.29, 1.82) is 0 Å². The van der Waals surface area contributed by atoms with Gasteiger partial charge < -0.3 is 16.0 Å². The molecule has 1 heterocycles. The number of nitrogens with zero attached hydrogens (tertiary/aromatic N) is 1. The molecular formula is C16H16N4. The van der Waals surface area contributed by atoms with Crippen molar-refractivity contribution in [3.05, 3.63) is 66.7 Å². The Morgan fingerprint density at radius 2 is 1.95 bits per heavy atom. The molecule has 4 heteroatoms. The molecule has 0 amide bonds. The van der Waals surface area contributed by atoms with Crippen LogP contribution in [0.1, 0.15) is 11.6 Å². The number of fused-ring (bicyclic) bond motifs is 1. The Hall–Kier alpha value is -2.59. The van der Waals surface area contributed by atoms with E-state index in [1.54, 1.807) is 6.08 Å². The van der Waals surface area contributed by atoms with Crippen LogP contribution in [0.15, 0.2) is 61.2 Å². The van der Waals surface area contributed by atoms with E-state index in [-0.39, 0.29) is 6.04 Å². The van der Waals surface area contributed by atoms with Crippen LogP contribution in [0.2, 0.25) is 0 Å². The summed E-state index contributed by atoms with van der Waals surface area (Å²) in [6.07, 6.45) is 1.72. The minimum Gasteiger partial charge on any atom is -0.326 e. The molecule has 3 rings (SSSR count). The number of hydrogen-bond donors (Lipinski definition) is 3. The number of nitrogens with two attached hydrogens (primary N) is 1. The van der Waals surface area contributed by atoms with Gasteiger partial charge in [-0.3, -0.25) is 0 Å². The number of hydrogen-bond acceptors (Lipinski definition) is 3. The van der Waals surface area contributed by atoms with Gasteiger partial charge in [0.25, 0.3) is 0 Å². The van der Waals surface area contributed by atoms with E-state index in [0.717, 1.165) is 22.3 Å². The predicted molar refractivity (Wildman–Crippen MR) is 82.9 cm³/mol. The second-order valence-electron chi connectivity index (χ2n) is 4.58. The van der Waals surface area contributed by atoms with E-state index in [1.165, 1.54) is 0 Å². The fraction of sp³-hybridized carbons (Fsp3) is 0.0625. The summed E-state index contributed by atoms with van der Waals surface area (Å²) in [5.74, 6) is 0.704. The number of nitrogens with one attached hydrogen (secondary N) is 2. The van der Waals surface area contributed by atoms with Gasteiger partial charge in [0.15, 0.2) is 0 Å². The van der Waals surface area contributed by atoms with Crippen LogP contribution in [0.3, 0.4) is 0 Å². The lowest BCUT2D eigenvalue weighted by atomic mass is 10.1. The fourth-order valence-corrected chi connectivity index (χ4v) is 2.18. The quantitative estimate of drug-likeness (QED) is 0.632. The number of H-pyrrole nitrogens is 1. The van der Waals surface area contributed by atoms with E-state index in [1.807, 2.05) is 48.5 Å². The molecular weight excluding hydrogens is 248 g/mol. The second kappa shape index (κ2) is 5.19. The summed E-state index contributed by atoms with van der Waals surface area (Å²) in [5, 5.41) is 3.24. The van der Waals surface area contributed by atoms with Crippen LogP contribution in [-0.4, -0.2) is 9.97 Å². The van der Waals surface area contributed by atoms with Crippen LogP contribution < -0.4 is 11.1 Å². The zero-order valence-corrected chi connectivity index (χ0v) is 11.0. The lowest BCUT2D eigenvalue weighted by Gasteiger charge is -2.06. The topological polar surface area (TPSA) is 66.7 Å². The zero-order chi connectivity index (χ0) is 13.9. The number of anilines is 2. The van der Waals surface area contributed by atoms with Crippen molar-refractivity contribution < 1.29 is 0 Å². The average Bonchev–Trinajstić information content (AvgIpc) is 2.89. The molecule has 1 aromatic heterocycles. The molecule has 0 radical (unpaired) electrons. The first-order valence-corrected chi connectivity index (χ1v) is 6.47. The maximum Gasteiger partial charge on any atom is 0.205 e. The van der Waals surface area contributed by atoms with Crippen LogP contribution >= 0.6 is 0 Å². The molecule has 3 aromatic rings. The van der Waals surface area contributed by atoms with Crippen LogP contribution in [0.4, 0.5) is 11.6 Å². The molecule has 0 saturated heterocycles. The van der Waals surface area contributed by atoms with Gasteiger partial charge in [0.05, 0.1) is 11.0 Å². The van der Waals surface area contributed by atoms with E-state index in [4.69, 9.17) is 5.73 Å². The van der Waals surface area contributed by atoms with E-state index in [0.29, 0.717) is 5.95 Å². The summed E-state index contributed by atoms with van der Waals surface area (Å²) in [6, 6.07) is 15.6. The smallest absolute Gasteiger partial charge is 0.205 e. The van der Waals surface area contributed by atoms with Gasteiger partial charge >= 0.3 is 0 Å². The standard InChI is InChI=1S/C16H16N4/c1-2-13(17)12-9-6-10-14-15(12)20-16(19-14)18-11-7-4-3-5-8-11/h2-10,13H,1,17H2,(H2,18,19,20). The molecule has 0 aliphatic carbocycles. The first-order valence-electron chi connectivity index (χ1n) is 6.47. The summed E-state index contributed by atoms with van der Waals surface area (Å²) in [6.45, 7) is 3.74. The first-order chi connectivity index (χ1) is 9.78. The van der Waals surface area contributed by atoms with Gasteiger partial charge in [-0.1, -0.05) is 36.4 Å². The van der Waals surface area contributed by atoms with E-state index >= 15 is 0 Å². The summed E-state index contributed by atoms with van der Waals surface area (Å²) < 4.78 is 0. The third-order valence-electron chi connectivity index (χ3n) is 3.20. The maximum atomic E-state index is 6.04. The van der Waals surface area contributed by atoms with Gasteiger partial charge in [-0.05, 0) is 23.8 Å². The van der Waals surface area contributed by atoms with E-state index in [2.05, 4.69) is 21.9 Å². The van der Waals surface area contributed by atoms with Gasteiger partial charge in [-0.25, -0.2) is 4.98 Å². The number of benzene rings is 2. The van der Waals surface area contributed by atoms with Crippen molar-refractivity contribution in [2.75, 3.05) is 5.32 Å². The predicted octanol–water partition coefficient (Wildman–Crippen LogP) is 3.49. The Kier molecular flexibility index (Phi) is 3.23. The molecule has 100 valence electrons. The molecule has 20 heavy (non-hydrogen) atoms. The Balaban J connectivity index is 2.00. The second-order valence-corrected chi connectivity index (χ2v) is 4.58. The highest BCUT2D eigenvalue weighted by atomic mass is 15.1. The molecule has 1 atom stereocenters. The minimum atomic E-state index is -0.205. The summed E-state index contributed by atoms with van der Waals surface area (Å²) in [5.41, 5.74) is 9.85. The summed E-state index contributed by atoms with van der Waals surface area (Å²) >= 11 is 0. The van der Waals surface area contributed by atoms with Crippen LogP contribution in [0, 0.1) is 0 Å². The monoisotopic (exact) mass is 264 g/mol. The van der Waals surface area contributed by atoms with E-state index < -0.39 is 0 Å². The van der Waals surface area contributed by atoms with Gasteiger partial charge in [-0.2, -0.15) is 0 Å². The van der Waals surface area contributed by atoms with Gasteiger partial charge in [-0.15, -0.1) is 6.58 Å². The van der Waals surface area contributed by atoms with Crippen molar-refractivity contribution in [2.45, 2.75) is 6.04 Å². The number of rotatable bonds is 4. The molecule has 2 aromatic carbocycles. The SMILES string of the molecule is C=CC(N)c1cccc2nc(Nc3ccccc3)[nH]c12. The molecule has 0 bridgehead atoms. The lowest BCUT2D eigenvalue weighted by molar-refractivity contribution is 0.922. The Morgan fingerprint density at radius 1 is 1.15 bits per heavy atom. The number of aromatic nitrogens is 2. The zero-order valence-electron chi connectivity index (χ0n) is 11.0. The average molecular weight is 264 g/mol. The number of para-hydroxylation sites is 2. The number of imidazole rings is 1. The summed E-state index contributed by atoms with van der Waals surface area (Å²) in [7, 11) is 0. The first kappa shape index (κ1) is 12.4. The largest absolute Gasteiger partial charge is 0.326 e. The normalized spacial score (nSPS) is 12.2. The molecule has 1 unspecified atom stereocenters. The molecule has 4 nitrogen and oxygen atoms in total. The van der Waals surface area contributed by atoms with Crippen LogP contribution in [0.5, 0.6) is 0 Å². The highest BCUT2D eigenvalue weighted by Crippen LogP contribution is 2.24. The molecule has 0 fully saturated rings. The Bertz CT molecular complexity index is 731. The highest BCUT2D eigenvalue weighted by Gasteiger charge is 2.10. The van der Waals surface area contributed by atoms with Crippen LogP contribution in [0.25, 0.3) is 11.0 Å². The summed E-state index contributed by atoms with van der Waals surface area (Å²) in [4.78, 5) is 7.81. The lowest BCUT2D eigenvalue weighted by Crippen LogP contribution is -2.06. The van der Waals surface area contributed by atoms with Crippen molar-refractivity contribution in [1.82, 2.24) is 9.97 Å². The van der Waals surface area contributed by atoms with Crippen molar-refractivity contribution in [2.24, 2.45) is 5.73 Å². The maximum absolute atomic E-state index is 6.04. The Morgan fingerprint density at radius 3 is 2.70 bits per heavy atom. The van der Waals surface area contributed by atoms with Gasteiger partial charge in [0, 0.05) is 11.7 Å². The van der Waals surface area contributed by atoms with Gasteiger partial charge in [0.2, 0.25) is 5.95 Å². The fourth-order valence-electron chi connectivity index (χ4n) is 2.18. The molecule has 0 saturated carbocycles. The van der Waals surface area contributed by atoms with Crippen molar-refractivity contribution in [3.8, 4) is 0 Å². The number of aromatic amines is 1. The van der Waals surface area contributed by atoms with Crippen molar-refractivity contribution in [3.63, 3.8) is 0 Å². The molecule has 0 aliphatic heterocycles. The molecule has 4 N–H and O–H groups in total. The third kappa shape index (κ3) is 2.29. The third-order valence-corrected chi connectivity index (χ3v) is 3.20. The van der Waals surface area contributed by atoms with Crippen molar-refractivity contribution >= 4 is 22.7 Å². The molecule has 0 spiro atoms. The highest BCUT2D eigenvalue weighted by molar-refractivity contribution is 5.82. The van der Waals surface area contributed by atoms with E-state index in [9.17, 15) is 0 Å². The minimum absolute atomic E-state index is 0.205.